The summed E-state index contributed by atoms with van der Waals surface area (Å²) >= 11 is 0. The van der Waals surface area contributed by atoms with E-state index in [1.54, 1.807) is 31.5 Å². The van der Waals surface area contributed by atoms with Crippen LogP contribution in [0.15, 0.2) is 42.6 Å². The highest BCUT2D eigenvalue weighted by molar-refractivity contribution is 5.89. The molecule has 0 amide bonds. The van der Waals surface area contributed by atoms with Crippen LogP contribution in [0.25, 0.3) is 21.8 Å². The van der Waals surface area contributed by atoms with Crippen molar-refractivity contribution in [1.82, 2.24) is 15.3 Å². The zero-order valence-electron chi connectivity index (χ0n) is 20.5. The van der Waals surface area contributed by atoms with Crippen LogP contribution in [0.1, 0.15) is 18.5 Å². The number of pyridine rings is 1. The van der Waals surface area contributed by atoms with Crippen LogP contribution in [-0.4, -0.2) is 49.5 Å². The second kappa shape index (κ2) is 9.59. The Labute approximate surface area is 208 Å². The zero-order valence-corrected chi connectivity index (χ0v) is 20.5. The van der Waals surface area contributed by atoms with Crippen molar-refractivity contribution >= 4 is 21.8 Å². The minimum Gasteiger partial charge on any atom is -0.493 e. The third kappa shape index (κ3) is 4.35. The van der Waals surface area contributed by atoms with Gasteiger partial charge in [0.1, 0.15) is 5.75 Å². The van der Waals surface area contributed by atoms with E-state index in [9.17, 15) is 0 Å². The highest BCUT2D eigenvalue weighted by Crippen LogP contribution is 2.41. The van der Waals surface area contributed by atoms with E-state index in [0.717, 1.165) is 49.1 Å². The minimum absolute atomic E-state index is 0.157. The first-order valence-corrected chi connectivity index (χ1v) is 12.5. The maximum Gasteiger partial charge on any atom is 0.175 e. The van der Waals surface area contributed by atoms with Gasteiger partial charge in [-0.25, -0.2) is 4.39 Å². The topological polar surface area (TPSA) is 77.6 Å². The Morgan fingerprint density at radius 1 is 1.06 bits per heavy atom. The zero-order chi connectivity index (χ0) is 24.6. The van der Waals surface area contributed by atoms with Crippen molar-refractivity contribution in [1.29, 1.82) is 0 Å². The van der Waals surface area contributed by atoms with E-state index in [2.05, 4.69) is 15.3 Å². The molecule has 1 aliphatic heterocycles. The van der Waals surface area contributed by atoms with Crippen molar-refractivity contribution in [2.24, 2.45) is 11.8 Å². The Bertz CT molecular complexity index is 1390. The molecule has 4 aromatic rings. The molecular weight excluding hydrogens is 461 g/mol. The van der Waals surface area contributed by atoms with Gasteiger partial charge in [-0.15, -0.1) is 0 Å². The Morgan fingerprint density at radius 2 is 1.94 bits per heavy atom. The molecule has 2 aliphatic rings. The fourth-order valence-electron chi connectivity index (χ4n) is 5.30. The van der Waals surface area contributed by atoms with E-state index in [-0.39, 0.29) is 5.75 Å². The van der Waals surface area contributed by atoms with E-state index in [1.807, 2.05) is 25.1 Å². The number of morpholine rings is 1. The third-order valence-electron chi connectivity index (χ3n) is 7.27. The summed E-state index contributed by atoms with van der Waals surface area (Å²) < 4.78 is 38.9. The van der Waals surface area contributed by atoms with Gasteiger partial charge in [0, 0.05) is 47.3 Å². The molecule has 2 aromatic heterocycles. The fourth-order valence-corrected chi connectivity index (χ4v) is 5.30. The molecule has 0 radical (unpaired) electrons. The van der Waals surface area contributed by atoms with Crippen LogP contribution in [0.2, 0.25) is 0 Å². The number of ether oxygens (including phenoxy) is 4. The lowest BCUT2D eigenvalue weighted by atomic mass is 9.72. The van der Waals surface area contributed by atoms with Crippen molar-refractivity contribution in [2.45, 2.75) is 25.9 Å². The van der Waals surface area contributed by atoms with Crippen LogP contribution in [-0.2, 0) is 4.74 Å². The van der Waals surface area contributed by atoms with E-state index in [0.29, 0.717) is 52.7 Å². The second-order valence-corrected chi connectivity index (χ2v) is 9.74. The lowest BCUT2D eigenvalue weighted by Crippen LogP contribution is -2.47. The lowest BCUT2D eigenvalue weighted by Gasteiger charge is -2.41. The first-order valence-electron chi connectivity index (χ1n) is 12.5. The van der Waals surface area contributed by atoms with Crippen molar-refractivity contribution in [3.05, 3.63) is 54.1 Å². The molecule has 8 heteroatoms. The first kappa shape index (κ1) is 23.1. The number of halogens is 1. The molecule has 1 saturated carbocycles. The normalized spacial score (nSPS) is 21.9. The Morgan fingerprint density at radius 3 is 2.75 bits per heavy atom. The van der Waals surface area contributed by atoms with Gasteiger partial charge >= 0.3 is 0 Å². The monoisotopic (exact) mass is 491 g/mol. The summed E-state index contributed by atoms with van der Waals surface area (Å²) in [6.07, 6.45) is 4.18. The number of aryl methyl sites for hydroxylation is 1. The van der Waals surface area contributed by atoms with Crippen LogP contribution in [0.4, 0.5) is 4.39 Å². The molecule has 1 aliphatic carbocycles. The quantitative estimate of drug-likeness (QED) is 0.363. The molecule has 2 aromatic carbocycles. The number of aromatic amines is 1. The molecule has 0 bridgehead atoms. The number of nitrogens with zero attached hydrogens (tertiary/aromatic N) is 1. The van der Waals surface area contributed by atoms with Gasteiger partial charge < -0.3 is 29.2 Å². The number of H-pyrrole nitrogens is 1. The Hall–Kier alpha value is -3.36. The van der Waals surface area contributed by atoms with Gasteiger partial charge in [0.05, 0.1) is 31.9 Å². The molecule has 6 rings (SSSR count). The van der Waals surface area contributed by atoms with Gasteiger partial charge in [0.25, 0.3) is 0 Å². The third-order valence-corrected chi connectivity index (χ3v) is 7.27. The van der Waals surface area contributed by atoms with Gasteiger partial charge in [-0.3, -0.25) is 4.98 Å². The van der Waals surface area contributed by atoms with Crippen LogP contribution in [0.5, 0.6) is 23.0 Å². The average Bonchev–Trinajstić information content (AvgIpc) is 3.26. The maximum absolute atomic E-state index is 15.1. The standard InChI is InChI=1S/C28H30FN3O4/c1-16-9-20-21(32-16)3-4-24(28(20)29)36-23-5-6-31-22-13-26(25(33-2)12-19(22)23)35-15-17-10-18(11-17)27-14-30-7-8-34-27/h3-6,9,12-13,17-18,27,30,32H,7-8,10-11,14-15H2,1-2H3. The molecule has 3 heterocycles. The Kier molecular flexibility index (Phi) is 6.15. The minimum atomic E-state index is -0.401. The molecular formula is C28H30FN3O4. The van der Waals surface area contributed by atoms with Gasteiger partial charge in [-0.2, -0.15) is 0 Å². The molecule has 188 valence electrons. The fraction of sp³-hybridized carbons (Fsp3) is 0.393. The van der Waals surface area contributed by atoms with Crippen LogP contribution in [0.3, 0.4) is 0 Å². The highest BCUT2D eigenvalue weighted by Gasteiger charge is 2.36. The molecule has 0 spiro atoms. The maximum atomic E-state index is 15.1. The predicted molar refractivity (Wildman–Crippen MR) is 136 cm³/mol. The van der Waals surface area contributed by atoms with Gasteiger partial charge in [-0.1, -0.05) is 0 Å². The van der Waals surface area contributed by atoms with Crippen molar-refractivity contribution in [3.8, 4) is 23.0 Å². The molecule has 2 fully saturated rings. The smallest absolute Gasteiger partial charge is 0.175 e. The number of hydrogen-bond acceptors (Lipinski definition) is 6. The summed E-state index contributed by atoms with van der Waals surface area (Å²) in [5.74, 6) is 2.59. The summed E-state index contributed by atoms with van der Waals surface area (Å²) in [6.45, 7) is 5.19. The molecule has 2 N–H and O–H groups in total. The molecule has 1 unspecified atom stereocenters. The summed E-state index contributed by atoms with van der Waals surface area (Å²) in [5, 5.41) is 4.63. The lowest BCUT2D eigenvalue weighted by molar-refractivity contribution is -0.0550. The van der Waals surface area contributed by atoms with Crippen LogP contribution >= 0.6 is 0 Å². The van der Waals surface area contributed by atoms with E-state index < -0.39 is 5.82 Å². The van der Waals surface area contributed by atoms with Gasteiger partial charge in [0.15, 0.2) is 23.1 Å². The first-order chi connectivity index (χ1) is 17.6. The molecule has 1 atom stereocenters. The Balaban J connectivity index is 1.19. The average molecular weight is 492 g/mol. The van der Waals surface area contributed by atoms with Gasteiger partial charge in [-0.05, 0) is 61.9 Å². The number of methoxy groups -OCH3 is 1. The van der Waals surface area contributed by atoms with Crippen molar-refractivity contribution in [3.63, 3.8) is 0 Å². The number of rotatable bonds is 7. The van der Waals surface area contributed by atoms with Gasteiger partial charge in [0.2, 0.25) is 0 Å². The largest absolute Gasteiger partial charge is 0.493 e. The number of nitrogens with one attached hydrogen (secondary N) is 2. The SMILES string of the molecule is COc1cc2c(Oc3ccc4[nH]c(C)cc4c3F)ccnc2cc1OCC1CC(C2CNCCO2)C1. The second-order valence-electron chi connectivity index (χ2n) is 9.74. The number of benzene rings is 2. The van der Waals surface area contributed by atoms with Crippen LogP contribution < -0.4 is 19.5 Å². The summed E-state index contributed by atoms with van der Waals surface area (Å²) in [6, 6.07) is 10.7. The summed E-state index contributed by atoms with van der Waals surface area (Å²) in [4.78, 5) is 7.64. The van der Waals surface area contributed by atoms with Crippen molar-refractivity contribution in [2.75, 3.05) is 33.4 Å². The van der Waals surface area contributed by atoms with E-state index in [4.69, 9.17) is 18.9 Å². The van der Waals surface area contributed by atoms with Crippen LogP contribution in [0, 0.1) is 24.6 Å². The predicted octanol–water partition coefficient (Wildman–Crippen LogP) is 5.36. The number of fused-ring (bicyclic) bond motifs is 2. The molecule has 36 heavy (non-hydrogen) atoms. The van der Waals surface area contributed by atoms with E-state index >= 15 is 4.39 Å². The number of hydrogen-bond donors (Lipinski definition) is 2. The van der Waals surface area contributed by atoms with Crippen molar-refractivity contribution < 1.29 is 23.3 Å². The number of aromatic nitrogens is 2. The molecule has 7 nitrogen and oxygen atoms in total. The van der Waals surface area contributed by atoms with E-state index in [1.165, 1.54) is 0 Å². The highest BCUT2D eigenvalue weighted by atomic mass is 19.1. The summed E-state index contributed by atoms with van der Waals surface area (Å²) in [7, 11) is 1.61. The molecule has 1 saturated heterocycles. The summed E-state index contributed by atoms with van der Waals surface area (Å²) in [5.41, 5.74) is 2.32.